The van der Waals surface area contributed by atoms with Gasteiger partial charge in [-0.3, -0.25) is 4.40 Å². The minimum atomic E-state index is -4.49. The molecule has 1 aliphatic heterocycles. The van der Waals surface area contributed by atoms with E-state index in [4.69, 9.17) is 0 Å². The molecule has 1 fully saturated rings. The third-order valence-electron chi connectivity index (χ3n) is 4.16. The van der Waals surface area contributed by atoms with Gasteiger partial charge in [-0.05, 0) is 6.07 Å². The van der Waals surface area contributed by atoms with Gasteiger partial charge in [-0.25, -0.2) is 15.0 Å². The van der Waals surface area contributed by atoms with Gasteiger partial charge in [0.15, 0.2) is 5.82 Å². The molecule has 0 aliphatic carbocycles. The van der Waals surface area contributed by atoms with Crippen LogP contribution in [-0.2, 0) is 6.18 Å². The molecule has 0 bridgehead atoms. The maximum Gasteiger partial charge on any atom is 0.433 e. The largest absolute Gasteiger partial charge is 0.433 e. The van der Waals surface area contributed by atoms with E-state index in [0.717, 1.165) is 12.3 Å². The summed E-state index contributed by atoms with van der Waals surface area (Å²) in [7, 11) is 1.68. The topological polar surface area (TPSA) is 75.3 Å². The second-order valence-corrected chi connectivity index (χ2v) is 5.72. The van der Waals surface area contributed by atoms with E-state index in [-0.39, 0.29) is 12.0 Å². The number of anilines is 2. The van der Waals surface area contributed by atoms with Crippen molar-refractivity contribution in [3.05, 3.63) is 36.7 Å². The molecule has 11 heteroatoms. The van der Waals surface area contributed by atoms with E-state index in [9.17, 15) is 13.2 Å². The van der Waals surface area contributed by atoms with Crippen molar-refractivity contribution >= 4 is 17.4 Å². The van der Waals surface area contributed by atoms with E-state index in [1.165, 1.54) is 0 Å². The summed E-state index contributed by atoms with van der Waals surface area (Å²) >= 11 is 0. The zero-order valence-electron chi connectivity index (χ0n) is 13.1. The fourth-order valence-corrected chi connectivity index (χ4v) is 2.68. The number of likely N-dealkylation sites (N-methyl/N-ethyl adjacent to an activating group) is 1. The van der Waals surface area contributed by atoms with Crippen molar-refractivity contribution in [2.45, 2.75) is 12.2 Å². The maximum atomic E-state index is 12.8. The molecule has 0 atom stereocenters. The molecule has 0 N–H and O–H groups in total. The van der Waals surface area contributed by atoms with Crippen LogP contribution < -0.4 is 9.80 Å². The molecule has 4 rings (SSSR count). The van der Waals surface area contributed by atoms with Crippen LogP contribution in [0, 0.1) is 0 Å². The van der Waals surface area contributed by atoms with Crippen molar-refractivity contribution in [3.63, 3.8) is 0 Å². The van der Waals surface area contributed by atoms with Gasteiger partial charge in [0.25, 0.3) is 0 Å². The zero-order valence-corrected chi connectivity index (χ0v) is 13.1. The summed E-state index contributed by atoms with van der Waals surface area (Å²) in [5, 5.41) is 7.88. The maximum absolute atomic E-state index is 12.8. The highest BCUT2D eigenvalue weighted by molar-refractivity contribution is 5.65. The molecule has 0 unspecified atom stereocenters. The fourth-order valence-electron chi connectivity index (χ4n) is 2.68. The van der Waals surface area contributed by atoms with Gasteiger partial charge in [0.1, 0.15) is 12.0 Å². The molecule has 3 aromatic heterocycles. The Morgan fingerprint density at radius 1 is 1.20 bits per heavy atom. The van der Waals surface area contributed by atoms with Gasteiger partial charge in [-0.15, -0.1) is 10.2 Å². The first kappa shape index (κ1) is 15.5. The molecule has 25 heavy (non-hydrogen) atoms. The first-order valence-corrected chi connectivity index (χ1v) is 7.46. The van der Waals surface area contributed by atoms with Crippen molar-refractivity contribution in [3.8, 4) is 0 Å². The summed E-state index contributed by atoms with van der Waals surface area (Å²) in [5.41, 5.74) is -0.311. The lowest BCUT2D eigenvalue weighted by molar-refractivity contribution is -0.141. The Balaban J connectivity index is 1.50. The lowest BCUT2D eigenvalue weighted by Gasteiger charge is -2.44. The lowest BCUT2D eigenvalue weighted by Crippen LogP contribution is -2.59. The fraction of sp³-hybridized carbons (Fsp3) is 0.357. The predicted octanol–water partition coefficient (Wildman–Crippen LogP) is 1.26. The van der Waals surface area contributed by atoms with Crippen LogP contribution in [0.4, 0.5) is 24.9 Å². The SMILES string of the molecule is CN(c1nccc(C(F)(F)F)n1)C1CN(c2nccn3cnnc23)C1. The molecule has 1 saturated heterocycles. The minimum Gasteiger partial charge on any atom is -0.349 e. The van der Waals surface area contributed by atoms with Gasteiger partial charge in [0.2, 0.25) is 11.6 Å². The molecule has 3 aromatic rings. The quantitative estimate of drug-likeness (QED) is 0.704. The van der Waals surface area contributed by atoms with E-state index in [2.05, 4.69) is 25.1 Å². The van der Waals surface area contributed by atoms with E-state index in [1.54, 1.807) is 35.1 Å². The Labute approximate surface area is 140 Å². The Morgan fingerprint density at radius 3 is 2.76 bits per heavy atom. The van der Waals surface area contributed by atoms with Crippen LogP contribution in [0.2, 0.25) is 0 Å². The Kier molecular flexibility index (Phi) is 3.44. The first-order chi connectivity index (χ1) is 11.9. The normalized spacial score (nSPS) is 15.4. The Bertz CT molecular complexity index is 902. The molecule has 1 aliphatic rings. The highest BCUT2D eigenvalue weighted by Crippen LogP contribution is 2.29. The lowest BCUT2D eigenvalue weighted by atomic mass is 10.1. The van der Waals surface area contributed by atoms with Gasteiger partial charge in [0.05, 0.1) is 6.04 Å². The molecule has 0 saturated carbocycles. The van der Waals surface area contributed by atoms with Gasteiger partial charge in [0, 0.05) is 38.7 Å². The summed E-state index contributed by atoms with van der Waals surface area (Å²) in [4.78, 5) is 15.5. The van der Waals surface area contributed by atoms with Crippen LogP contribution in [-0.4, -0.2) is 55.7 Å². The molecule has 0 radical (unpaired) electrons. The Morgan fingerprint density at radius 2 is 2.00 bits per heavy atom. The van der Waals surface area contributed by atoms with Crippen LogP contribution in [0.5, 0.6) is 0 Å². The van der Waals surface area contributed by atoms with Crippen molar-refractivity contribution < 1.29 is 13.2 Å². The summed E-state index contributed by atoms with van der Waals surface area (Å²) in [6.45, 7) is 1.16. The van der Waals surface area contributed by atoms with Gasteiger partial charge in [-0.2, -0.15) is 13.2 Å². The second-order valence-electron chi connectivity index (χ2n) is 5.72. The van der Waals surface area contributed by atoms with Crippen LogP contribution in [0.3, 0.4) is 0 Å². The number of alkyl halides is 3. The van der Waals surface area contributed by atoms with Gasteiger partial charge < -0.3 is 9.80 Å². The number of halogens is 3. The standard InChI is InChI=1S/C14H13F3N8/c1-23(13-19-3-2-10(21-13)14(15,16)17)9-6-25(7-9)11-12-22-20-8-24(12)5-4-18-11/h2-5,8-9H,6-7H2,1H3. The number of hydrogen-bond donors (Lipinski definition) is 0. The summed E-state index contributed by atoms with van der Waals surface area (Å²) < 4.78 is 40.1. The van der Waals surface area contributed by atoms with Gasteiger partial charge in [-0.1, -0.05) is 0 Å². The van der Waals surface area contributed by atoms with Crippen molar-refractivity contribution in [1.29, 1.82) is 0 Å². The molecule has 8 nitrogen and oxygen atoms in total. The van der Waals surface area contributed by atoms with Crippen LogP contribution in [0.25, 0.3) is 5.65 Å². The van der Waals surface area contributed by atoms with E-state index in [0.29, 0.717) is 24.6 Å². The highest BCUT2D eigenvalue weighted by atomic mass is 19.4. The highest BCUT2D eigenvalue weighted by Gasteiger charge is 2.36. The molecule has 130 valence electrons. The van der Waals surface area contributed by atoms with Crippen LogP contribution in [0.15, 0.2) is 31.0 Å². The van der Waals surface area contributed by atoms with Gasteiger partial charge >= 0.3 is 6.18 Å². The number of hydrogen-bond acceptors (Lipinski definition) is 7. The number of nitrogens with zero attached hydrogens (tertiary/aromatic N) is 8. The van der Waals surface area contributed by atoms with E-state index in [1.807, 2.05) is 4.90 Å². The smallest absolute Gasteiger partial charge is 0.349 e. The average molecular weight is 350 g/mol. The van der Waals surface area contributed by atoms with Crippen LogP contribution in [0.1, 0.15) is 5.69 Å². The monoisotopic (exact) mass is 350 g/mol. The predicted molar refractivity (Wildman–Crippen MR) is 82.2 cm³/mol. The summed E-state index contributed by atoms with van der Waals surface area (Å²) in [6.07, 6.45) is 1.62. The Hall–Kier alpha value is -2.98. The molecule has 0 amide bonds. The van der Waals surface area contributed by atoms with Crippen molar-refractivity contribution in [2.75, 3.05) is 29.9 Å². The summed E-state index contributed by atoms with van der Waals surface area (Å²) in [6, 6.07) is 0.842. The molecule has 0 aromatic carbocycles. The summed E-state index contributed by atoms with van der Waals surface area (Å²) in [5.74, 6) is 0.739. The van der Waals surface area contributed by atoms with E-state index >= 15 is 0 Å². The second kappa shape index (κ2) is 5.53. The molecule has 0 spiro atoms. The third kappa shape index (κ3) is 2.71. The van der Waals surface area contributed by atoms with Crippen molar-refractivity contribution in [1.82, 2.24) is 29.5 Å². The molecular weight excluding hydrogens is 337 g/mol. The number of rotatable bonds is 3. The van der Waals surface area contributed by atoms with Crippen molar-refractivity contribution in [2.24, 2.45) is 0 Å². The molecular formula is C14H13F3N8. The number of fused-ring (bicyclic) bond motifs is 1. The minimum absolute atomic E-state index is 0.0199. The third-order valence-corrected chi connectivity index (χ3v) is 4.16. The average Bonchev–Trinajstić information content (AvgIpc) is 3.02. The molecule has 4 heterocycles. The van der Waals surface area contributed by atoms with Crippen LogP contribution >= 0.6 is 0 Å². The van der Waals surface area contributed by atoms with E-state index < -0.39 is 11.9 Å². The number of aromatic nitrogens is 6. The zero-order chi connectivity index (χ0) is 17.6. The first-order valence-electron chi connectivity index (χ1n) is 7.46.